The summed E-state index contributed by atoms with van der Waals surface area (Å²) in [6.07, 6.45) is 11.2. The molecule has 41 heavy (non-hydrogen) atoms. The fourth-order valence-corrected chi connectivity index (χ4v) is 8.53. The van der Waals surface area contributed by atoms with Crippen molar-refractivity contribution in [3.8, 4) is 11.1 Å². The lowest BCUT2D eigenvalue weighted by molar-refractivity contribution is -0.116. The molecule has 1 aromatic heterocycles. The first-order chi connectivity index (χ1) is 19.2. The van der Waals surface area contributed by atoms with Crippen molar-refractivity contribution < 1.29 is 13.2 Å². The number of aryl methyl sites for hydroxylation is 1. The Hall–Kier alpha value is -2.66. The summed E-state index contributed by atoms with van der Waals surface area (Å²) < 4.78 is 27.9. The summed E-state index contributed by atoms with van der Waals surface area (Å²) >= 11 is 2.52. The van der Waals surface area contributed by atoms with E-state index in [1.54, 1.807) is 24.5 Å². The molecule has 0 radical (unpaired) electrons. The van der Waals surface area contributed by atoms with Crippen molar-refractivity contribution in [1.82, 2.24) is 0 Å². The lowest BCUT2D eigenvalue weighted by Crippen LogP contribution is -2.12. The Morgan fingerprint density at radius 2 is 1.61 bits per heavy atom. The second-order valence-electron chi connectivity index (χ2n) is 9.82. The Labute approximate surface area is 253 Å². The van der Waals surface area contributed by atoms with Crippen LogP contribution in [-0.2, 0) is 14.6 Å². The summed E-state index contributed by atoms with van der Waals surface area (Å²) in [4.78, 5) is 13.5. The van der Waals surface area contributed by atoms with Crippen LogP contribution in [0, 0.1) is 12.3 Å². The number of thiophene rings is 1. The average molecular weight is 617 g/mol. The number of sulfone groups is 1. The Kier molecular flexibility index (Phi) is 14.1. The number of amides is 1. The monoisotopic (exact) mass is 616 g/mol. The van der Waals surface area contributed by atoms with Gasteiger partial charge in [-0.2, -0.15) is 0 Å². The molecule has 0 aliphatic heterocycles. The van der Waals surface area contributed by atoms with E-state index >= 15 is 0 Å². The highest BCUT2D eigenvalue weighted by atomic mass is 32.2. The number of hydrogen-bond acceptors (Lipinski definition) is 7. The van der Waals surface area contributed by atoms with Gasteiger partial charge in [0.15, 0.2) is 0 Å². The van der Waals surface area contributed by atoms with E-state index in [9.17, 15) is 13.2 Å². The molecule has 1 amide bonds. The number of nitrogen functional groups attached to an aromatic ring is 1. The maximum Gasteiger partial charge on any atom is 0.224 e. The van der Waals surface area contributed by atoms with Crippen LogP contribution in [0.25, 0.3) is 11.1 Å². The van der Waals surface area contributed by atoms with Crippen LogP contribution in [0.4, 0.5) is 5.69 Å². The minimum absolute atomic E-state index is 0. The van der Waals surface area contributed by atoms with Gasteiger partial charge < -0.3 is 16.8 Å². The lowest BCUT2D eigenvalue weighted by Gasteiger charge is -2.15. The van der Waals surface area contributed by atoms with Gasteiger partial charge in [-0.3, -0.25) is 10.2 Å². The minimum atomic E-state index is -3.86. The number of carbonyl (C=O) groups excluding carboxylic acids is 1. The van der Waals surface area contributed by atoms with E-state index in [1.807, 2.05) is 31.2 Å². The van der Waals surface area contributed by atoms with Crippen molar-refractivity contribution in [2.75, 3.05) is 18.1 Å². The SMILES string of the molecule is C.CSc1sc(C(=N)N)cc1S(=O)(=O)c1cccc(-c2c(C)cccc2NC(=O)CCCCCCCCCCN)c1. The van der Waals surface area contributed by atoms with Gasteiger partial charge in [-0.05, 0) is 68.0 Å². The molecule has 0 aliphatic rings. The van der Waals surface area contributed by atoms with Crippen molar-refractivity contribution in [3.63, 3.8) is 0 Å². The minimum Gasteiger partial charge on any atom is -0.383 e. The first-order valence-electron chi connectivity index (χ1n) is 13.7. The predicted octanol–water partition coefficient (Wildman–Crippen LogP) is 7.61. The van der Waals surface area contributed by atoms with Gasteiger partial charge in [0.2, 0.25) is 15.7 Å². The number of hydrogen-bond donors (Lipinski definition) is 4. The van der Waals surface area contributed by atoms with E-state index in [0.717, 1.165) is 43.4 Å². The van der Waals surface area contributed by atoms with Crippen molar-refractivity contribution in [3.05, 3.63) is 59.0 Å². The van der Waals surface area contributed by atoms with Gasteiger partial charge in [0.1, 0.15) is 5.84 Å². The van der Waals surface area contributed by atoms with Crippen LogP contribution >= 0.6 is 23.1 Å². The number of anilines is 1. The third kappa shape index (κ3) is 9.43. The van der Waals surface area contributed by atoms with E-state index in [4.69, 9.17) is 16.9 Å². The van der Waals surface area contributed by atoms with Gasteiger partial charge >= 0.3 is 0 Å². The molecule has 2 aromatic carbocycles. The number of rotatable bonds is 16. The molecule has 0 spiro atoms. The topological polar surface area (TPSA) is 139 Å². The predicted molar refractivity (Wildman–Crippen MR) is 175 cm³/mol. The Bertz CT molecular complexity index is 1420. The number of amidine groups is 1. The van der Waals surface area contributed by atoms with Gasteiger partial charge in [0.25, 0.3) is 0 Å². The highest BCUT2D eigenvalue weighted by Gasteiger charge is 2.25. The average Bonchev–Trinajstić information content (AvgIpc) is 3.38. The first kappa shape index (κ1) is 34.5. The van der Waals surface area contributed by atoms with Crippen molar-refractivity contribution in [1.29, 1.82) is 5.41 Å². The molecule has 0 saturated heterocycles. The molecule has 0 atom stereocenters. The summed E-state index contributed by atoms with van der Waals surface area (Å²) in [5.41, 5.74) is 14.3. The summed E-state index contributed by atoms with van der Waals surface area (Å²) in [7, 11) is -3.86. The number of nitrogens with two attached hydrogens (primary N) is 2. The van der Waals surface area contributed by atoms with Gasteiger partial charge in [0, 0.05) is 17.7 Å². The number of thioether (sulfide) groups is 1. The Morgan fingerprint density at radius 3 is 2.24 bits per heavy atom. The van der Waals surface area contributed by atoms with E-state index in [1.165, 1.54) is 54.8 Å². The smallest absolute Gasteiger partial charge is 0.224 e. The third-order valence-electron chi connectivity index (χ3n) is 6.74. The maximum absolute atomic E-state index is 13.6. The Morgan fingerprint density at radius 1 is 0.976 bits per heavy atom. The molecular formula is C31H44N4O3S3. The molecule has 224 valence electrons. The van der Waals surface area contributed by atoms with Gasteiger partial charge in [0.05, 0.1) is 18.9 Å². The zero-order valence-electron chi connectivity index (χ0n) is 23.3. The van der Waals surface area contributed by atoms with Gasteiger partial charge in [-0.1, -0.05) is 70.2 Å². The number of benzene rings is 2. The summed E-state index contributed by atoms with van der Waals surface area (Å²) in [5.74, 6) is -0.202. The summed E-state index contributed by atoms with van der Waals surface area (Å²) in [6, 6.07) is 14.0. The maximum atomic E-state index is 13.6. The van der Waals surface area contributed by atoms with Crippen LogP contribution in [0.5, 0.6) is 0 Å². The molecule has 3 rings (SSSR count). The quantitative estimate of drug-likeness (QED) is 0.0565. The number of nitrogens with one attached hydrogen (secondary N) is 2. The zero-order chi connectivity index (χ0) is 29.1. The third-order valence-corrected chi connectivity index (χ3v) is 11.1. The molecule has 0 unspecified atom stereocenters. The fraction of sp³-hybridized carbons (Fsp3) is 0.419. The summed E-state index contributed by atoms with van der Waals surface area (Å²) in [5, 5.41) is 10.8. The molecule has 0 bridgehead atoms. The molecular weight excluding hydrogens is 573 g/mol. The normalized spacial score (nSPS) is 11.2. The number of unbranched alkanes of at least 4 members (excludes halogenated alkanes) is 7. The second-order valence-corrected chi connectivity index (χ2v) is 13.9. The second kappa shape index (κ2) is 16.7. The van der Waals surface area contributed by atoms with Crippen molar-refractivity contribution in [2.24, 2.45) is 11.5 Å². The van der Waals surface area contributed by atoms with Crippen LogP contribution in [0.1, 0.15) is 75.7 Å². The van der Waals surface area contributed by atoms with E-state index in [-0.39, 0.29) is 29.0 Å². The van der Waals surface area contributed by atoms with E-state index in [0.29, 0.717) is 26.8 Å². The fourth-order valence-electron chi connectivity index (χ4n) is 4.62. The molecule has 1 heterocycles. The van der Waals surface area contributed by atoms with Gasteiger partial charge in [-0.25, -0.2) is 8.42 Å². The standard InChI is InChI=1S/C30H40N4O3S3.CH4/c1-21-13-11-16-24(34-27(35)17-9-7-5-3-4-6-8-10-18-31)28(21)22-14-12-15-23(19-22)40(36,37)26-20-25(29(32)33)39-30(26)38-2;/h11-16,19-20H,3-10,17-18,31H2,1-2H3,(H3,32,33)(H,34,35);1H4. The van der Waals surface area contributed by atoms with E-state index < -0.39 is 9.84 Å². The van der Waals surface area contributed by atoms with Crippen LogP contribution in [0.3, 0.4) is 0 Å². The zero-order valence-corrected chi connectivity index (χ0v) is 25.7. The first-order valence-corrected chi connectivity index (χ1v) is 17.2. The largest absolute Gasteiger partial charge is 0.383 e. The lowest BCUT2D eigenvalue weighted by atomic mass is 9.98. The van der Waals surface area contributed by atoms with Crippen LogP contribution in [0.2, 0.25) is 0 Å². The molecule has 3 aromatic rings. The molecule has 0 aliphatic carbocycles. The van der Waals surface area contributed by atoms with Gasteiger partial charge in [-0.15, -0.1) is 23.1 Å². The van der Waals surface area contributed by atoms with Crippen LogP contribution in [0.15, 0.2) is 62.5 Å². The number of carbonyl (C=O) groups is 1. The van der Waals surface area contributed by atoms with Crippen LogP contribution < -0.4 is 16.8 Å². The molecule has 0 fully saturated rings. The van der Waals surface area contributed by atoms with Crippen LogP contribution in [-0.4, -0.2) is 33.0 Å². The molecule has 6 N–H and O–H groups in total. The molecule has 10 heteroatoms. The van der Waals surface area contributed by atoms with Crippen molar-refractivity contribution >= 4 is 50.4 Å². The highest BCUT2D eigenvalue weighted by molar-refractivity contribution is 8.01. The summed E-state index contributed by atoms with van der Waals surface area (Å²) in [6.45, 7) is 2.71. The molecule has 0 saturated carbocycles. The van der Waals surface area contributed by atoms with E-state index in [2.05, 4.69) is 5.32 Å². The molecule has 7 nitrogen and oxygen atoms in total. The highest BCUT2D eigenvalue weighted by Crippen LogP contribution is 2.39. The van der Waals surface area contributed by atoms with Crippen molar-refractivity contribution in [2.45, 2.75) is 86.1 Å². The Balaban J connectivity index is 0.00000588.